The normalized spacial score (nSPS) is 21.0. The lowest BCUT2D eigenvalue weighted by Gasteiger charge is -2.07. The number of pyridine rings is 1. The number of nitrogens with two attached hydrogens (primary N) is 1. The average Bonchev–Trinajstić information content (AvgIpc) is 3.14. The summed E-state index contributed by atoms with van der Waals surface area (Å²) in [6.07, 6.45) is 4.00. The number of rotatable bonds is 4. The van der Waals surface area contributed by atoms with E-state index in [-0.39, 0.29) is 6.04 Å². The first kappa shape index (κ1) is 14.0. The Hall–Kier alpha value is -1.92. The third-order valence-corrected chi connectivity index (χ3v) is 4.12. The SMILES string of the molecule is CS(=O)(=O)Nc1cccc(-c2ccc([C@@H]3C[C@H]3N)cn2)c1. The zero-order valence-corrected chi connectivity index (χ0v) is 12.5. The first-order valence-corrected chi connectivity index (χ1v) is 8.61. The minimum absolute atomic E-state index is 0.264. The van der Waals surface area contributed by atoms with Gasteiger partial charge in [-0.15, -0.1) is 0 Å². The van der Waals surface area contributed by atoms with Crippen LogP contribution in [0.25, 0.3) is 11.3 Å². The minimum Gasteiger partial charge on any atom is -0.327 e. The number of sulfonamides is 1. The van der Waals surface area contributed by atoms with E-state index >= 15 is 0 Å². The summed E-state index contributed by atoms with van der Waals surface area (Å²) in [6.45, 7) is 0. The van der Waals surface area contributed by atoms with Crippen LogP contribution in [0.1, 0.15) is 17.9 Å². The van der Waals surface area contributed by atoms with E-state index in [1.807, 2.05) is 24.4 Å². The van der Waals surface area contributed by atoms with Crippen LogP contribution in [0.15, 0.2) is 42.6 Å². The predicted octanol–water partition coefficient (Wildman–Crippen LogP) is 1.93. The van der Waals surface area contributed by atoms with Gasteiger partial charge in [0.15, 0.2) is 0 Å². The topological polar surface area (TPSA) is 85.1 Å². The van der Waals surface area contributed by atoms with Crippen molar-refractivity contribution in [3.8, 4) is 11.3 Å². The molecule has 1 fully saturated rings. The summed E-state index contributed by atoms with van der Waals surface area (Å²) in [4.78, 5) is 4.45. The molecule has 1 aliphatic carbocycles. The maximum absolute atomic E-state index is 11.3. The average molecular weight is 303 g/mol. The molecule has 0 radical (unpaired) electrons. The number of aromatic nitrogens is 1. The Morgan fingerprint density at radius 3 is 2.62 bits per heavy atom. The molecule has 1 heterocycles. The fraction of sp³-hybridized carbons (Fsp3) is 0.267. The van der Waals surface area contributed by atoms with Gasteiger partial charge in [-0.25, -0.2) is 8.42 Å². The molecular formula is C15H17N3O2S. The first-order valence-electron chi connectivity index (χ1n) is 6.72. The maximum atomic E-state index is 11.3. The summed E-state index contributed by atoms with van der Waals surface area (Å²) in [7, 11) is -3.28. The second-order valence-electron chi connectivity index (χ2n) is 5.44. The fourth-order valence-electron chi connectivity index (χ4n) is 2.35. The van der Waals surface area contributed by atoms with Gasteiger partial charge in [-0.05, 0) is 30.2 Å². The van der Waals surface area contributed by atoms with E-state index in [0.717, 1.165) is 29.5 Å². The molecule has 1 saturated carbocycles. The van der Waals surface area contributed by atoms with Crippen LogP contribution in [0.5, 0.6) is 0 Å². The van der Waals surface area contributed by atoms with E-state index in [1.165, 1.54) is 0 Å². The molecule has 6 heteroatoms. The van der Waals surface area contributed by atoms with Crippen molar-refractivity contribution < 1.29 is 8.42 Å². The van der Waals surface area contributed by atoms with Crippen molar-refractivity contribution >= 4 is 15.7 Å². The molecule has 0 unspecified atom stereocenters. The third-order valence-electron chi connectivity index (χ3n) is 3.52. The number of nitrogens with one attached hydrogen (secondary N) is 1. The second kappa shape index (κ2) is 5.13. The summed E-state index contributed by atoms with van der Waals surface area (Å²) in [5.74, 6) is 0.435. The lowest BCUT2D eigenvalue weighted by atomic mass is 10.1. The van der Waals surface area contributed by atoms with Gasteiger partial charge >= 0.3 is 0 Å². The second-order valence-corrected chi connectivity index (χ2v) is 7.19. The number of hydrogen-bond acceptors (Lipinski definition) is 4. The van der Waals surface area contributed by atoms with Crippen LogP contribution in [0, 0.1) is 0 Å². The summed E-state index contributed by atoms with van der Waals surface area (Å²) < 4.78 is 25.0. The van der Waals surface area contributed by atoms with Gasteiger partial charge in [-0.2, -0.15) is 0 Å². The molecule has 5 nitrogen and oxygen atoms in total. The highest BCUT2D eigenvalue weighted by atomic mass is 32.2. The minimum atomic E-state index is -3.28. The Labute approximate surface area is 124 Å². The van der Waals surface area contributed by atoms with Gasteiger partial charge in [0.2, 0.25) is 10.0 Å². The van der Waals surface area contributed by atoms with Crippen LogP contribution < -0.4 is 10.5 Å². The summed E-state index contributed by atoms with van der Waals surface area (Å²) in [6, 6.07) is 11.4. The van der Waals surface area contributed by atoms with Crippen molar-refractivity contribution in [2.75, 3.05) is 11.0 Å². The molecule has 0 amide bonds. The molecule has 0 saturated heterocycles. The molecule has 1 aromatic carbocycles. The zero-order chi connectivity index (χ0) is 15.0. The zero-order valence-electron chi connectivity index (χ0n) is 11.7. The van der Waals surface area contributed by atoms with Crippen molar-refractivity contribution in [3.05, 3.63) is 48.2 Å². The Morgan fingerprint density at radius 1 is 1.29 bits per heavy atom. The van der Waals surface area contributed by atoms with Crippen molar-refractivity contribution in [2.24, 2.45) is 5.73 Å². The lowest BCUT2D eigenvalue weighted by Crippen LogP contribution is -2.09. The molecule has 2 aromatic rings. The van der Waals surface area contributed by atoms with Gasteiger partial charge in [0.1, 0.15) is 0 Å². The summed E-state index contributed by atoms with van der Waals surface area (Å²) in [5.41, 5.74) is 9.21. The molecule has 0 spiro atoms. The van der Waals surface area contributed by atoms with Crippen molar-refractivity contribution in [3.63, 3.8) is 0 Å². The molecule has 3 rings (SSSR count). The van der Waals surface area contributed by atoms with Crippen LogP contribution in [0.2, 0.25) is 0 Å². The summed E-state index contributed by atoms with van der Waals surface area (Å²) >= 11 is 0. The summed E-state index contributed by atoms with van der Waals surface area (Å²) in [5, 5.41) is 0. The molecule has 1 aliphatic rings. The fourth-order valence-corrected chi connectivity index (χ4v) is 2.90. The van der Waals surface area contributed by atoms with Crippen LogP contribution in [0.4, 0.5) is 5.69 Å². The first-order chi connectivity index (χ1) is 9.92. The van der Waals surface area contributed by atoms with E-state index in [1.54, 1.807) is 18.2 Å². The van der Waals surface area contributed by atoms with E-state index < -0.39 is 10.0 Å². The number of anilines is 1. The molecular weight excluding hydrogens is 286 g/mol. The molecule has 21 heavy (non-hydrogen) atoms. The smallest absolute Gasteiger partial charge is 0.229 e. The molecule has 3 N–H and O–H groups in total. The Bertz CT molecular complexity index is 757. The highest BCUT2D eigenvalue weighted by Gasteiger charge is 2.34. The Morgan fingerprint density at radius 2 is 2.05 bits per heavy atom. The van der Waals surface area contributed by atoms with Gasteiger partial charge in [0.25, 0.3) is 0 Å². The van der Waals surface area contributed by atoms with Crippen LogP contribution >= 0.6 is 0 Å². The quantitative estimate of drug-likeness (QED) is 0.904. The highest BCUT2D eigenvalue weighted by molar-refractivity contribution is 7.92. The monoisotopic (exact) mass is 303 g/mol. The van der Waals surface area contributed by atoms with Gasteiger partial charge < -0.3 is 5.73 Å². The van der Waals surface area contributed by atoms with Crippen molar-refractivity contribution in [1.82, 2.24) is 4.98 Å². The van der Waals surface area contributed by atoms with Crippen LogP contribution in [-0.2, 0) is 10.0 Å². The van der Waals surface area contributed by atoms with E-state index in [9.17, 15) is 8.42 Å². The third kappa shape index (κ3) is 3.40. The van der Waals surface area contributed by atoms with Gasteiger partial charge in [-0.1, -0.05) is 18.2 Å². The van der Waals surface area contributed by atoms with E-state index in [4.69, 9.17) is 5.73 Å². The Kier molecular flexibility index (Phi) is 3.43. The van der Waals surface area contributed by atoms with Crippen molar-refractivity contribution in [1.29, 1.82) is 0 Å². The Balaban J connectivity index is 1.84. The molecule has 1 aromatic heterocycles. The van der Waals surface area contributed by atoms with E-state index in [0.29, 0.717) is 11.6 Å². The number of hydrogen-bond donors (Lipinski definition) is 2. The lowest BCUT2D eigenvalue weighted by molar-refractivity contribution is 0.607. The predicted molar refractivity (Wildman–Crippen MR) is 83.5 cm³/mol. The highest BCUT2D eigenvalue weighted by Crippen LogP contribution is 2.38. The number of nitrogens with zero attached hydrogens (tertiary/aromatic N) is 1. The molecule has 110 valence electrons. The number of benzene rings is 1. The van der Waals surface area contributed by atoms with Crippen molar-refractivity contribution in [2.45, 2.75) is 18.4 Å². The maximum Gasteiger partial charge on any atom is 0.229 e. The largest absolute Gasteiger partial charge is 0.327 e. The standard InChI is InChI=1S/C15H17N3O2S/c1-21(19,20)18-12-4-2-3-10(7-12)15-6-5-11(9-17-15)13-8-14(13)16/h2-7,9,13-14,18H,8,16H2,1H3/t13-,14+/m0/s1. The van der Waals surface area contributed by atoms with E-state index in [2.05, 4.69) is 9.71 Å². The van der Waals surface area contributed by atoms with Gasteiger partial charge in [0.05, 0.1) is 11.9 Å². The molecule has 2 atom stereocenters. The molecule has 0 aliphatic heterocycles. The van der Waals surface area contributed by atoms with Crippen LogP contribution in [-0.4, -0.2) is 25.7 Å². The van der Waals surface area contributed by atoms with Gasteiger partial charge in [-0.3, -0.25) is 9.71 Å². The molecule has 0 bridgehead atoms. The van der Waals surface area contributed by atoms with Crippen LogP contribution in [0.3, 0.4) is 0 Å². The van der Waals surface area contributed by atoms with Gasteiger partial charge in [0, 0.05) is 29.4 Å².